The molecule has 1 fully saturated rings. The molecule has 112 valence electrons. The minimum atomic E-state index is -0.116. The van der Waals surface area contributed by atoms with Crippen molar-refractivity contribution < 1.29 is 4.74 Å². The molecular formula is C18H29NO. The molecule has 0 aliphatic carbocycles. The second kappa shape index (κ2) is 5.16. The van der Waals surface area contributed by atoms with Gasteiger partial charge in [-0.3, -0.25) is 0 Å². The first-order chi connectivity index (χ1) is 9.11. The van der Waals surface area contributed by atoms with E-state index in [1.807, 2.05) is 0 Å². The number of aryl methyl sites for hydroxylation is 2. The predicted molar refractivity (Wildman–Crippen MR) is 85.1 cm³/mol. The van der Waals surface area contributed by atoms with Gasteiger partial charge in [0, 0.05) is 12.1 Å². The molecule has 20 heavy (non-hydrogen) atoms. The van der Waals surface area contributed by atoms with Crippen molar-refractivity contribution >= 4 is 0 Å². The Labute approximate surface area is 123 Å². The van der Waals surface area contributed by atoms with E-state index in [-0.39, 0.29) is 11.2 Å². The van der Waals surface area contributed by atoms with Crippen LogP contribution in [0, 0.1) is 13.8 Å². The third-order valence-electron chi connectivity index (χ3n) is 4.43. The van der Waals surface area contributed by atoms with Crippen molar-refractivity contribution in [3.8, 4) is 0 Å². The molecule has 1 aliphatic heterocycles. The van der Waals surface area contributed by atoms with Crippen molar-refractivity contribution in [3.05, 3.63) is 34.9 Å². The number of nitrogens with one attached hydrogen (secondary N) is 1. The monoisotopic (exact) mass is 275 g/mol. The largest absolute Gasteiger partial charge is 0.368 e. The zero-order valence-electron chi connectivity index (χ0n) is 14.0. The van der Waals surface area contributed by atoms with Crippen LogP contribution < -0.4 is 5.32 Å². The van der Waals surface area contributed by atoms with E-state index in [0.717, 1.165) is 6.42 Å². The van der Waals surface area contributed by atoms with Gasteiger partial charge in [0.2, 0.25) is 0 Å². The van der Waals surface area contributed by atoms with E-state index in [2.05, 4.69) is 72.0 Å². The Morgan fingerprint density at radius 1 is 1.20 bits per heavy atom. The van der Waals surface area contributed by atoms with Crippen LogP contribution in [0.25, 0.3) is 0 Å². The summed E-state index contributed by atoms with van der Waals surface area (Å²) >= 11 is 0. The molecule has 0 radical (unpaired) electrons. The van der Waals surface area contributed by atoms with Crippen LogP contribution in [-0.2, 0) is 4.74 Å². The van der Waals surface area contributed by atoms with Crippen molar-refractivity contribution in [2.75, 3.05) is 0 Å². The van der Waals surface area contributed by atoms with Crippen LogP contribution in [-0.4, -0.2) is 17.2 Å². The molecule has 0 bridgehead atoms. The quantitative estimate of drug-likeness (QED) is 0.888. The van der Waals surface area contributed by atoms with Gasteiger partial charge in [0.1, 0.15) is 0 Å². The van der Waals surface area contributed by atoms with Crippen LogP contribution in [0.5, 0.6) is 0 Å². The van der Waals surface area contributed by atoms with Crippen LogP contribution in [0.15, 0.2) is 18.2 Å². The minimum absolute atomic E-state index is 0.0392. The first-order valence-corrected chi connectivity index (χ1v) is 7.64. The molecule has 2 rings (SSSR count). The van der Waals surface area contributed by atoms with Gasteiger partial charge in [-0.05, 0) is 66.0 Å². The SMILES string of the molecule is Cc1ccc(C)c(C(C)NC2CC(C)(C)OC2(C)C)c1. The molecular weight excluding hydrogens is 246 g/mol. The van der Waals surface area contributed by atoms with Crippen molar-refractivity contribution in [3.63, 3.8) is 0 Å². The highest BCUT2D eigenvalue weighted by Gasteiger charge is 2.46. The number of rotatable bonds is 3. The highest BCUT2D eigenvalue weighted by Crippen LogP contribution is 2.38. The van der Waals surface area contributed by atoms with Gasteiger partial charge >= 0.3 is 0 Å². The molecule has 1 heterocycles. The molecule has 1 aliphatic rings. The summed E-state index contributed by atoms with van der Waals surface area (Å²) in [7, 11) is 0. The maximum absolute atomic E-state index is 6.18. The molecule has 2 heteroatoms. The summed E-state index contributed by atoms with van der Waals surface area (Å²) in [5.41, 5.74) is 3.91. The van der Waals surface area contributed by atoms with Gasteiger partial charge in [0.05, 0.1) is 11.2 Å². The van der Waals surface area contributed by atoms with Crippen molar-refractivity contribution in [2.45, 2.75) is 78.2 Å². The number of hydrogen-bond donors (Lipinski definition) is 1. The zero-order valence-corrected chi connectivity index (χ0v) is 14.0. The van der Waals surface area contributed by atoms with Gasteiger partial charge in [-0.1, -0.05) is 23.8 Å². The van der Waals surface area contributed by atoms with Gasteiger partial charge < -0.3 is 10.1 Å². The maximum atomic E-state index is 6.18. The fourth-order valence-corrected chi connectivity index (χ4v) is 3.44. The molecule has 0 aromatic heterocycles. The number of ether oxygens (including phenoxy) is 1. The molecule has 1 saturated heterocycles. The summed E-state index contributed by atoms with van der Waals surface area (Å²) in [6, 6.07) is 7.41. The van der Waals surface area contributed by atoms with Crippen LogP contribution in [0.1, 0.15) is 63.8 Å². The van der Waals surface area contributed by atoms with E-state index in [4.69, 9.17) is 4.74 Å². The zero-order chi connectivity index (χ0) is 15.1. The second-order valence-corrected chi connectivity index (χ2v) is 7.47. The van der Waals surface area contributed by atoms with E-state index >= 15 is 0 Å². The van der Waals surface area contributed by atoms with Crippen LogP contribution >= 0.6 is 0 Å². The summed E-state index contributed by atoms with van der Waals surface area (Å²) < 4.78 is 6.18. The third-order valence-corrected chi connectivity index (χ3v) is 4.43. The Bertz CT molecular complexity index is 490. The number of benzene rings is 1. The van der Waals surface area contributed by atoms with Gasteiger partial charge in [-0.2, -0.15) is 0 Å². The van der Waals surface area contributed by atoms with Gasteiger partial charge in [0.25, 0.3) is 0 Å². The standard InChI is InChI=1S/C18H29NO/c1-12-8-9-13(2)15(10-12)14(3)19-16-11-17(4,5)20-18(16,6)7/h8-10,14,16,19H,11H2,1-7H3. The third kappa shape index (κ3) is 3.24. The highest BCUT2D eigenvalue weighted by molar-refractivity contribution is 5.32. The van der Waals surface area contributed by atoms with Crippen molar-refractivity contribution in [2.24, 2.45) is 0 Å². The summed E-state index contributed by atoms with van der Waals surface area (Å²) in [6.45, 7) is 15.3. The lowest BCUT2D eigenvalue weighted by Crippen LogP contribution is -2.44. The lowest BCUT2D eigenvalue weighted by atomic mass is 9.92. The Morgan fingerprint density at radius 2 is 1.85 bits per heavy atom. The lowest BCUT2D eigenvalue weighted by Gasteiger charge is -2.30. The van der Waals surface area contributed by atoms with Gasteiger partial charge in [0.15, 0.2) is 0 Å². The Kier molecular flexibility index (Phi) is 4.01. The molecule has 0 spiro atoms. The molecule has 0 amide bonds. The average Bonchev–Trinajstić information content (AvgIpc) is 2.50. The van der Waals surface area contributed by atoms with E-state index in [1.54, 1.807) is 0 Å². The Balaban J connectivity index is 2.16. The molecule has 1 aromatic carbocycles. The maximum Gasteiger partial charge on any atom is 0.0787 e. The first-order valence-electron chi connectivity index (χ1n) is 7.64. The summed E-state index contributed by atoms with van der Waals surface area (Å²) in [5, 5.41) is 3.78. The molecule has 1 aromatic rings. The Hall–Kier alpha value is -0.860. The highest BCUT2D eigenvalue weighted by atomic mass is 16.5. The summed E-state index contributed by atoms with van der Waals surface area (Å²) in [5.74, 6) is 0. The van der Waals surface area contributed by atoms with Gasteiger partial charge in [-0.25, -0.2) is 0 Å². The van der Waals surface area contributed by atoms with Crippen molar-refractivity contribution in [1.29, 1.82) is 0 Å². The fourth-order valence-electron chi connectivity index (χ4n) is 3.44. The smallest absolute Gasteiger partial charge is 0.0787 e. The topological polar surface area (TPSA) is 21.3 Å². The van der Waals surface area contributed by atoms with Crippen LogP contribution in [0.2, 0.25) is 0 Å². The van der Waals surface area contributed by atoms with Crippen LogP contribution in [0.3, 0.4) is 0 Å². The predicted octanol–water partition coefficient (Wildman–Crippen LogP) is 4.30. The number of hydrogen-bond acceptors (Lipinski definition) is 2. The van der Waals surface area contributed by atoms with E-state index in [0.29, 0.717) is 12.1 Å². The molecule has 2 nitrogen and oxygen atoms in total. The fraction of sp³-hybridized carbons (Fsp3) is 0.667. The summed E-state index contributed by atoms with van der Waals surface area (Å²) in [6.07, 6.45) is 1.05. The first kappa shape index (κ1) is 15.5. The molecule has 0 saturated carbocycles. The second-order valence-electron chi connectivity index (χ2n) is 7.47. The van der Waals surface area contributed by atoms with Crippen LogP contribution in [0.4, 0.5) is 0 Å². The van der Waals surface area contributed by atoms with E-state index in [1.165, 1.54) is 16.7 Å². The minimum Gasteiger partial charge on any atom is -0.368 e. The average molecular weight is 275 g/mol. The summed E-state index contributed by atoms with van der Waals surface area (Å²) in [4.78, 5) is 0. The molecule has 2 atom stereocenters. The molecule has 2 unspecified atom stereocenters. The van der Waals surface area contributed by atoms with E-state index < -0.39 is 0 Å². The molecule has 1 N–H and O–H groups in total. The van der Waals surface area contributed by atoms with E-state index in [9.17, 15) is 0 Å². The normalized spacial score (nSPS) is 25.6. The lowest BCUT2D eigenvalue weighted by molar-refractivity contribution is -0.0703. The van der Waals surface area contributed by atoms with Crippen molar-refractivity contribution in [1.82, 2.24) is 5.32 Å². The Morgan fingerprint density at radius 3 is 2.40 bits per heavy atom. The van der Waals surface area contributed by atoms with Gasteiger partial charge in [-0.15, -0.1) is 0 Å².